The Morgan fingerprint density at radius 2 is 2.33 bits per heavy atom. The Morgan fingerprint density at radius 1 is 1.78 bits per heavy atom. The molecule has 0 amide bonds. The van der Waals surface area contributed by atoms with Gasteiger partial charge in [0.2, 0.25) is 0 Å². The van der Waals surface area contributed by atoms with Crippen molar-refractivity contribution < 1.29 is 9.50 Å². The molecule has 0 aliphatic rings. The van der Waals surface area contributed by atoms with E-state index in [1.807, 2.05) is 6.92 Å². The summed E-state index contributed by atoms with van der Waals surface area (Å²) in [7, 11) is 0. The topological polar surface area (TPSA) is 20.2 Å². The maximum atomic E-state index is 12.0. The number of unbranched alkanes of at least 4 members (excludes halogenated alkanes) is 1. The molecule has 0 saturated heterocycles. The predicted octanol–water partition coefficient (Wildman–Crippen LogP) is 2.02. The molecule has 0 aromatic heterocycles. The van der Waals surface area contributed by atoms with Gasteiger partial charge in [0.1, 0.15) is 11.9 Å². The Bertz CT molecular complexity index is 90.9. The average Bonchev–Trinajstić information content (AvgIpc) is 1.82. The summed E-state index contributed by atoms with van der Waals surface area (Å²) >= 11 is 0. The van der Waals surface area contributed by atoms with Gasteiger partial charge in [-0.3, -0.25) is 0 Å². The Balaban J connectivity index is 3.27. The maximum absolute atomic E-state index is 12.0. The molecule has 0 aromatic carbocycles. The fourth-order valence-electron chi connectivity index (χ4n) is 0.554. The second-order valence-electron chi connectivity index (χ2n) is 2.10. The molecular weight excluding hydrogens is 119 g/mol. The van der Waals surface area contributed by atoms with E-state index in [9.17, 15) is 4.39 Å². The zero-order valence-electron chi connectivity index (χ0n) is 5.73. The van der Waals surface area contributed by atoms with Crippen molar-refractivity contribution in [1.82, 2.24) is 0 Å². The first kappa shape index (κ1) is 8.63. The summed E-state index contributed by atoms with van der Waals surface area (Å²) in [5.74, 6) is -0.622. The van der Waals surface area contributed by atoms with Crippen molar-refractivity contribution in [3.63, 3.8) is 0 Å². The van der Waals surface area contributed by atoms with Crippen LogP contribution in [0.15, 0.2) is 12.4 Å². The van der Waals surface area contributed by atoms with E-state index in [1.165, 1.54) is 0 Å². The summed E-state index contributed by atoms with van der Waals surface area (Å²) in [6.07, 6.45) is 1.38. The quantitative estimate of drug-likeness (QED) is 0.620. The van der Waals surface area contributed by atoms with E-state index in [-0.39, 0.29) is 0 Å². The van der Waals surface area contributed by atoms with Gasteiger partial charge in [0.25, 0.3) is 0 Å². The summed E-state index contributed by atoms with van der Waals surface area (Å²) in [5.41, 5.74) is 0. The van der Waals surface area contributed by atoms with Crippen LogP contribution in [0.3, 0.4) is 0 Å². The summed E-state index contributed by atoms with van der Waals surface area (Å²) in [5, 5.41) is 8.78. The van der Waals surface area contributed by atoms with E-state index in [0.717, 1.165) is 12.8 Å². The summed E-state index contributed by atoms with van der Waals surface area (Å²) in [4.78, 5) is 0. The molecule has 0 aromatic rings. The lowest BCUT2D eigenvalue weighted by atomic mass is 10.1. The number of hydrogen-bond acceptors (Lipinski definition) is 1. The van der Waals surface area contributed by atoms with E-state index in [1.54, 1.807) is 0 Å². The van der Waals surface area contributed by atoms with Gasteiger partial charge in [0.05, 0.1) is 0 Å². The third-order valence-corrected chi connectivity index (χ3v) is 1.19. The molecular formula is C7H13FO. The Kier molecular flexibility index (Phi) is 4.32. The Morgan fingerprint density at radius 3 is 2.67 bits per heavy atom. The number of rotatable bonds is 4. The third kappa shape index (κ3) is 4.15. The molecule has 0 fully saturated rings. The van der Waals surface area contributed by atoms with Gasteiger partial charge in [0, 0.05) is 0 Å². The zero-order valence-corrected chi connectivity index (χ0v) is 5.73. The van der Waals surface area contributed by atoms with Crippen molar-refractivity contribution in [3.8, 4) is 0 Å². The van der Waals surface area contributed by atoms with Crippen LogP contribution in [0, 0.1) is 0 Å². The molecule has 1 nitrogen and oxygen atoms in total. The van der Waals surface area contributed by atoms with Crippen LogP contribution in [0.5, 0.6) is 0 Å². The number of aliphatic hydroxyl groups is 1. The standard InChI is InChI=1S/C7H13FO/c1-3-4-5-7(9)6(2)8/h7,9H,2-5H2,1H3. The highest BCUT2D eigenvalue weighted by Gasteiger charge is 2.05. The molecule has 0 aliphatic carbocycles. The van der Waals surface area contributed by atoms with Crippen LogP contribution < -0.4 is 0 Å². The van der Waals surface area contributed by atoms with Crippen LogP contribution in [-0.4, -0.2) is 11.2 Å². The minimum Gasteiger partial charge on any atom is -0.386 e. The van der Waals surface area contributed by atoms with Gasteiger partial charge in [-0.1, -0.05) is 26.3 Å². The van der Waals surface area contributed by atoms with Crippen molar-refractivity contribution in [2.24, 2.45) is 0 Å². The van der Waals surface area contributed by atoms with Crippen molar-refractivity contribution in [2.45, 2.75) is 32.3 Å². The molecule has 9 heavy (non-hydrogen) atoms. The molecule has 54 valence electrons. The molecule has 0 rings (SSSR count). The molecule has 0 heterocycles. The summed E-state index contributed by atoms with van der Waals surface area (Å²) in [6, 6.07) is 0. The number of halogens is 1. The molecule has 1 atom stereocenters. The molecule has 1 unspecified atom stereocenters. The number of hydrogen-bond donors (Lipinski definition) is 1. The lowest BCUT2D eigenvalue weighted by Crippen LogP contribution is -2.05. The predicted molar refractivity (Wildman–Crippen MR) is 35.8 cm³/mol. The van der Waals surface area contributed by atoms with Gasteiger partial charge in [-0.15, -0.1) is 0 Å². The average molecular weight is 132 g/mol. The minimum absolute atomic E-state index is 0.492. The monoisotopic (exact) mass is 132 g/mol. The summed E-state index contributed by atoms with van der Waals surface area (Å²) in [6.45, 7) is 4.99. The highest BCUT2D eigenvalue weighted by atomic mass is 19.1. The molecule has 0 aliphatic heterocycles. The van der Waals surface area contributed by atoms with Crippen LogP contribution in [0.2, 0.25) is 0 Å². The van der Waals surface area contributed by atoms with Crippen LogP contribution in [-0.2, 0) is 0 Å². The second kappa shape index (κ2) is 4.50. The van der Waals surface area contributed by atoms with Gasteiger partial charge < -0.3 is 5.11 Å². The maximum Gasteiger partial charge on any atom is 0.121 e. The van der Waals surface area contributed by atoms with Crippen LogP contribution >= 0.6 is 0 Å². The highest BCUT2D eigenvalue weighted by molar-refractivity contribution is 4.88. The fraction of sp³-hybridized carbons (Fsp3) is 0.714. The van der Waals surface area contributed by atoms with E-state index in [4.69, 9.17) is 5.11 Å². The van der Waals surface area contributed by atoms with E-state index in [2.05, 4.69) is 6.58 Å². The van der Waals surface area contributed by atoms with E-state index in [0.29, 0.717) is 6.42 Å². The smallest absolute Gasteiger partial charge is 0.121 e. The lowest BCUT2D eigenvalue weighted by molar-refractivity contribution is 0.170. The Hall–Kier alpha value is -0.370. The SMILES string of the molecule is C=C(F)C(O)CCCC. The molecule has 1 N–H and O–H groups in total. The van der Waals surface area contributed by atoms with Crippen molar-refractivity contribution in [1.29, 1.82) is 0 Å². The first-order valence-electron chi connectivity index (χ1n) is 3.20. The van der Waals surface area contributed by atoms with Crippen LogP contribution in [0.4, 0.5) is 4.39 Å². The molecule has 0 bridgehead atoms. The summed E-state index contributed by atoms with van der Waals surface area (Å²) < 4.78 is 12.0. The Labute approximate surface area is 55.2 Å². The normalized spacial score (nSPS) is 13.2. The second-order valence-corrected chi connectivity index (χ2v) is 2.10. The highest BCUT2D eigenvalue weighted by Crippen LogP contribution is 2.08. The van der Waals surface area contributed by atoms with Gasteiger partial charge in [-0.2, -0.15) is 0 Å². The van der Waals surface area contributed by atoms with Gasteiger partial charge >= 0.3 is 0 Å². The van der Waals surface area contributed by atoms with Crippen molar-refractivity contribution in [3.05, 3.63) is 12.4 Å². The van der Waals surface area contributed by atoms with Gasteiger partial charge in [-0.25, -0.2) is 4.39 Å². The minimum atomic E-state index is -0.940. The lowest BCUT2D eigenvalue weighted by Gasteiger charge is -2.04. The molecule has 0 saturated carbocycles. The largest absolute Gasteiger partial charge is 0.386 e. The van der Waals surface area contributed by atoms with E-state index >= 15 is 0 Å². The molecule has 2 heteroatoms. The zero-order chi connectivity index (χ0) is 7.28. The first-order valence-corrected chi connectivity index (χ1v) is 3.20. The molecule has 0 spiro atoms. The van der Waals surface area contributed by atoms with Crippen LogP contribution in [0.25, 0.3) is 0 Å². The molecule has 0 radical (unpaired) electrons. The first-order chi connectivity index (χ1) is 4.18. The van der Waals surface area contributed by atoms with Gasteiger partial charge in [0.15, 0.2) is 0 Å². The number of aliphatic hydroxyl groups excluding tert-OH is 1. The van der Waals surface area contributed by atoms with Crippen molar-refractivity contribution >= 4 is 0 Å². The van der Waals surface area contributed by atoms with Gasteiger partial charge in [-0.05, 0) is 6.42 Å². The fourth-order valence-corrected chi connectivity index (χ4v) is 0.554. The van der Waals surface area contributed by atoms with Crippen LogP contribution in [0.1, 0.15) is 26.2 Å². The van der Waals surface area contributed by atoms with Crippen molar-refractivity contribution in [2.75, 3.05) is 0 Å². The third-order valence-electron chi connectivity index (χ3n) is 1.19. The van der Waals surface area contributed by atoms with E-state index < -0.39 is 11.9 Å².